The Balaban J connectivity index is 1.20. The first kappa shape index (κ1) is 27.5. The van der Waals surface area contributed by atoms with Crippen molar-refractivity contribution >= 4 is 29.2 Å². The minimum Gasteiger partial charge on any atom is -0.478 e. The van der Waals surface area contributed by atoms with Crippen molar-refractivity contribution in [1.29, 1.82) is 0 Å². The lowest BCUT2D eigenvalue weighted by atomic mass is 10.1. The van der Waals surface area contributed by atoms with Crippen molar-refractivity contribution in [3.05, 3.63) is 72.1 Å². The zero-order valence-electron chi connectivity index (χ0n) is 24.1. The summed E-state index contributed by atoms with van der Waals surface area (Å²) in [6.45, 7) is 9.98. The molecule has 6 rings (SSSR count). The summed E-state index contributed by atoms with van der Waals surface area (Å²) in [5.74, 6) is 0.189. The number of pyridine rings is 2. The number of aromatic nitrogens is 3. The van der Waals surface area contributed by atoms with Crippen LogP contribution in [-0.2, 0) is 16.1 Å². The predicted octanol–water partition coefficient (Wildman–Crippen LogP) is 4.83. The molecule has 2 aliphatic rings. The summed E-state index contributed by atoms with van der Waals surface area (Å²) in [6.07, 6.45) is 3.53. The van der Waals surface area contributed by atoms with Gasteiger partial charge in [-0.15, -0.1) is 0 Å². The van der Waals surface area contributed by atoms with Crippen molar-refractivity contribution in [3.8, 4) is 16.9 Å². The monoisotopic (exact) mass is 572 g/mol. The lowest BCUT2D eigenvalue weighted by molar-refractivity contribution is -0.121. The second-order valence-electron chi connectivity index (χ2n) is 11.5. The molecule has 42 heavy (non-hydrogen) atoms. The van der Waals surface area contributed by atoms with Crippen molar-refractivity contribution in [2.75, 3.05) is 42.6 Å². The van der Waals surface area contributed by atoms with Crippen molar-refractivity contribution in [3.63, 3.8) is 0 Å². The van der Waals surface area contributed by atoms with E-state index in [2.05, 4.69) is 9.88 Å². The molecular weight excluding hydrogens is 539 g/mol. The quantitative estimate of drug-likeness (QED) is 0.346. The molecule has 4 aromatic rings. The van der Waals surface area contributed by atoms with Crippen molar-refractivity contribution in [2.24, 2.45) is 0 Å². The topological polar surface area (TPSA) is 92.5 Å². The van der Waals surface area contributed by atoms with Gasteiger partial charge in [0.2, 0.25) is 0 Å². The molecule has 0 saturated carbocycles. The fraction of sp³-hybridized carbons (Fsp3) is 0.355. The fourth-order valence-electron chi connectivity index (χ4n) is 5.28. The average molecular weight is 573 g/mol. The van der Waals surface area contributed by atoms with Gasteiger partial charge < -0.3 is 23.7 Å². The molecule has 0 radical (unpaired) electrons. The molecule has 0 spiro atoms. The van der Waals surface area contributed by atoms with Gasteiger partial charge in [-0.25, -0.2) is 19.2 Å². The average Bonchev–Trinajstić information content (AvgIpc) is 3.28. The number of piperazine rings is 1. The first-order valence-electron chi connectivity index (χ1n) is 14.0. The van der Waals surface area contributed by atoms with Crippen LogP contribution in [0.15, 0.2) is 54.9 Å². The van der Waals surface area contributed by atoms with Crippen LogP contribution in [0.25, 0.3) is 16.8 Å². The van der Waals surface area contributed by atoms with E-state index >= 15 is 0 Å². The lowest BCUT2D eigenvalue weighted by Gasteiger charge is -2.36. The van der Waals surface area contributed by atoms with Crippen LogP contribution >= 0.6 is 0 Å². The second-order valence-corrected chi connectivity index (χ2v) is 11.5. The number of amides is 2. The Morgan fingerprint density at radius 1 is 1.05 bits per heavy atom. The number of nitrogens with zero attached hydrogens (tertiary/aromatic N) is 6. The molecule has 0 bridgehead atoms. The molecule has 3 aromatic heterocycles. The molecule has 1 fully saturated rings. The van der Waals surface area contributed by atoms with Crippen LogP contribution < -0.4 is 14.5 Å². The number of hydrogen-bond donors (Lipinski definition) is 0. The van der Waals surface area contributed by atoms with Gasteiger partial charge in [-0.1, -0.05) is 6.07 Å². The number of halogens is 1. The molecule has 1 saturated heterocycles. The van der Waals surface area contributed by atoms with Crippen molar-refractivity contribution in [2.45, 2.75) is 39.8 Å². The Labute approximate surface area is 243 Å². The van der Waals surface area contributed by atoms with E-state index in [1.54, 1.807) is 21.9 Å². The highest BCUT2D eigenvalue weighted by Crippen LogP contribution is 2.36. The molecular formula is C31H33FN6O4. The number of rotatable bonds is 4. The van der Waals surface area contributed by atoms with Gasteiger partial charge in [0, 0.05) is 49.7 Å². The first-order chi connectivity index (χ1) is 20.1. The third-order valence-electron chi connectivity index (χ3n) is 7.44. The van der Waals surface area contributed by atoms with Crippen LogP contribution in [0.3, 0.4) is 0 Å². The molecule has 0 aliphatic carbocycles. The zero-order valence-corrected chi connectivity index (χ0v) is 24.1. The maximum Gasteiger partial charge on any atom is 0.410 e. The number of para-hydroxylation sites is 1. The Morgan fingerprint density at radius 3 is 2.52 bits per heavy atom. The largest absolute Gasteiger partial charge is 0.478 e. The summed E-state index contributed by atoms with van der Waals surface area (Å²) in [5, 5.41) is 0. The van der Waals surface area contributed by atoms with E-state index in [4.69, 9.17) is 14.5 Å². The van der Waals surface area contributed by atoms with Crippen LogP contribution in [-0.4, -0.2) is 69.7 Å². The summed E-state index contributed by atoms with van der Waals surface area (Å²) in [6, 6.07) is 12.5. The number of imidazole rings is 1. The third kappa shape index (κ3) is 5.34. The number of fused-ring (bicyclic) bond motifs is 2. The Bertz CT molecular complexity index is 1650. The second kappa shape index (κ2) is 10.6. The zero-order chi connectivity index (χ0) is 29.6. The molecule has 0 N–H and O–H groups in total. The molecule has 10 nitrogen and oxygen atoms in total. The molecule has 218 valence electrons. The Morgan fingerprint density at radius 2 is 1.81 bits per heavy atom. The maximum atomic E-state index is 14.4. The molecule has 2 amide bonds. The van der Waals surface area contributed by atoms with Crippen LogP contribution in [0.5, 0.6) is 5.75 Å². The van der Waals surface area contributed by atoms with Crippen molar-refractivity contribution < 1.29 is 23.5 Å². The molecule has 0 unspecified atom stereocenters. The van der Waals surface area contributed by atoms with Gasteiger partial charge in [-0.3, -0.25) is 9.69 Å². The van der Waals surface area contributed by atoms with Gasteiger partial charge in [-0.05, 0) is 64.1 Å². The smallest absolute Gasteiger partial charge is 0.410 e. The van der Waals surface area contributed by atoms with E-state index in [-0.39, 0.29) is 30.9 Å². The Hall–Kier alpha value is -4.67. The SMILES string of the molecule is Cc1nc2ccc(-c3ccc(N4CCN(C(=O)OC(C)(C)C)CC4)nc3)cn2c1CN1C(=O)COc2c(F)cccc21. The maximum absolute atomic E-state index is 14.4. The van der Waals surface area contributed by atoms with Crippen LogP contribution in [0.4, 0.5) is 20.7 Å². The highest BCUT2D eigenvalue weighted by Gasteiger charge is 2.30. The van der Waals surface area contributed by atoms with Gasteiger partial charge in [0.05, 0.1) is 23.6 Å². The molecule has 0 atom stereocenters. The summed E-state index contributed by atoms with van der Waals surface area (Å²) in [4.78, 5) is 40.0. The van der Waals surface area contributed by atoms with E-state index in [0.29, 0.717) is 31.9 Å². The van der Waals surface area contributed by atoms with Gasteiger partial charge in [0.25, 0.3) is 5.91 Å². The summed E-state index contributed by atoms with van der Waals surface area (Å²) in [7, 11) is 0. The predicted molar refractivity (Wildman–Crippen MR) is 156 cm³/mol. The van der Waals surface area contributed by atoms with E-state index in [1.807, 2.05) is 68.8 Å². The fourth-order valence-corrected chi connectivity index (χ4v) is 5.28. The van der Waals surface area contributed by atoms with E-state index < -0.39 is 11.4 Å². The van der Waals surface area contributed by atoms with Gasteiger partial charge in [-0.2, -0.15) is 0 Å². The number of benzene rings is 1. The highest BCUT2D eigenvalue weighted by atomic mass is 19.1. The summed E-state index contributed by atoms with van der Waals surface area (Å²) in [5.41, 5.74) is 4.11. The summed E-state index contributed by atoms with van der Waals surface area (Å²) < 4.78 is 27.2. The van der Waals surface area contributed by atoms with Crippen molar-refractivity contribution in [1.82, 2.24) is 19.3 Å². The van der Waals surface area contributed by atoms with E-state index in [1.165, 1.54) is 6.07 Å². The van der Waals surface area contributed by atoms with Gasteiger partial charge in [0.15, 0.2) is 18.2 Å². The first-order valence-corrected chi connectivity index (χ1v) is 14.0. The number of carbonyl (C=O) groups excluding carboxylic acids is 2. The third-order valence-corrected chi connectivity index (χ3v) is 7.44. The molecule has 5 heterocycles. The highest BCUT2D eigenvalue weighted by molar-refractivity contribution is 5.97. The number of carbonyl (C=O) groups is 2. The minimum absolute atomic E-state index is 0.0849. The number of anilines is 2. The molecule has 1 aromatic carbocycles. The van der Waals surface area contributed by atoms with Gasteiger partial charge >= 0.3 is 6.09 Å². The molecule has 2 aliphatic heterocycles. The van der Waals surface area contributed by atoms with Gasteiger partial charge in [0.1, 0.15) is 17.1 Å². The Kier molecular flexibility index (Phi) is 6.96. The number of ether oxygens (including phenoxy) is 2. The summed E-state index contributed by atoms with van der Waals surface area (Å²) >= 11 is 0. The normalized spacial score (nSPS) is 15.5. The van der Waals surface area contributed by atoms with E-state index in [0.717, 1.165) is 34.0 Å². The van der Waals surface area contributed by atoms with Crippen LogP contribution in [0.2, 0.25) is 0 Å². The standard InChI is InChI=1S/C31H33FN6O4/c1-20-25(18-38-24-7-5-6-23(32)29(24)41-19-28(38)39)37-17-22(9-11-27(37)34-20)21-8-10-26(33-16-21)35-12-14-36(15-13-35)30(40)42-31(2,3)4/h5-11,16-17H,12-15,18-19H2,1-4H3. The molecule has 11 heteroatoms. The number of hydrogen-bond acceptors (Lipinski definition) is 7. The van der Waals surface area contributed by atoms with E-state index in [9.17, 15) is 14.0 Å². The van der Waals surface area contributed by atoms with Crippen LogP contribution in [0.1, 0.15) is 32.2 Å². The number of aryl methyl sites for hydroxylation is 1. The van der Waals surface area contributed by atoms with Crippen LogP contribution in [0, 0.1) is 12.7 Å². The minimum atomic E-state index is -0.518. The lowest BCUT2D eigenvalue weighted by Crippen LogP contribution is -2.50.